The zero-order valence-corrected chi connectivity index (χ0v) is 9.25. The molecule has 2 rings (SSSR count). The van der Waals surface area contributed by atoms with Crippen LogP contribution in [-0.4, -0.2) is 11.3 Å². The van der Waals surface area contributed by atoms with E-state index in [-0.39, 0.29) is 0 Å². The molecule has 1 aromatic heterocycles. The SMILES string of the molecule is Cc1cccc(-c2ncc(CC=O)s2)c1. The Balaban J connectivity index is 2.32. The van der Waals surface area contributed by atoms with E-state index in [0.29, 0.717) is 6.42 Å². The summed E-state index contributed by atoms with van der Waals surface area (Å²) < 4.78 is 0. The number of thiazole rings is 1. The van der Waals surface area contributed by atoms with Crippen LogP contribution in [0, 0.1) is 6.92 Å². The van der Waals surface area contributed by atoms with Gasteiger partial charge in [-0.15, -0.1) is 11.3 Å². The average Bonchev–Trinajstić information content (AvgIpc) is 2.67. The fraction of sp³-hybridized carbons (Fsp3) is 0.167. The van der Waals surface area contributed by atoms with Crippen LogP contribution in [-0.2, 0) is 11.2 Å². The molecule has 0 amide bonds. The van der Waals surface area contributed by atoms with E-state index >= 15 is 0 Å². The molecule has 0 unspecified atom stereocenters. The first-order chi connectivity index (χ1) is 7.29. The molecule has 0 atom stereocenters. The van der Waals surface area contributed by atoms with E-state index in [4.69, 9.17) is 0 Å². The molecule has 0 bridgehead atoms. The second-order valence-corrected chi connectivity index (χ2v) is 4.49. The van der Waals surface area contributed by atoms with E-state index in [9.17, 15) is 4.79 Å². The Morgan fingerprint density at radius 1 is 1.47 bits per heavy atom. The molecule has 0 aliphatic rings. The maximum atomic E-state index is 10.4. The van der Waals surface area contributed by atoms with Gasteiger partial charge in [0, 0.05) is 23.1 Å². The smallest absolute Gasteiger partial charge is 0.125 e. The van der Waals surface area contributed by atoms with Crippen molar-refractivity contribution in [1.82, 2.24) is 4.98 Å². The summed E-state index contributed by atoms with van der Waals surface area (Å²) in [5.41, 5.74) is 2.34. The van der Waals surface area contributed by atoms with Crippen molar-refractivity contribution in [3.63, 3.8) is 0 Å². The number of rotatable bonds is 3. The summed E-state index contributed by atoms with van der Waals surface area (Å²) in [6.07, 6.45) is 3.15. The minimum atomic E-state index is 0.462. The molecule has 1 aromatic carbocycles. The third kappa shape index (κ3) is 2.30. The van der Waals surface area contributed by atoms with E-state index < -0.39 is 0 Å². The molecule has 0 aliphatic carbocycles. The Bertz CT molecular complexity index is 476. The van der Waals surface area contributed by atoms with Crippen LogP contribution < -0.4 is 0 Å². The first-order valence-electron chi connectivity index (χ1n) is 4.75. The summed E-state index contributed by atoms with van der Waals surface area (Å²) in [6.45, 7) is 2.06. The summed E-state index contributed by atoms with van der Waals surface area (Å²) in [5, 5.41) is 0.982. The fourth-order valence-electron chi connectivity index (χ4n) is 1.40. The molecule has 2 aromatic rings. The van der Waals surface area contributed by atoms with Crippen LogP contribution in [0.4, 0.5) is 0 Å². The van der Waals surface area contributed by atoms with Gasteiger partial charge in [0.05, 0.1) is 0 Å². The lowest BCUT2D eigenvalue weighted by Gasteiger charge is -1.96. The van der Waals surface area contributed by atoms with Gasteiger partial charge in [0.2, 0.25) is 0 Å². The molecule has 0 radical (unpaired) electrons. The maximum absolute atomic E-state index is 10.4. The van der Waals surface area contributed by atoms with Gasteiger partial charge in [-0.1, -0.05) is 23.8 Å². The summed E-state index contributed by atoms with van der Waals surface area (Å²) in [5.74, 6) is 0. The quantitative estimate of drug-likeness (QED) is 0.740. The molecule has 3 heteroatoms. The van der Waals surface area contributed by atoms with Crippen molar-refractivity contribution in [3.8, 4) is 10.6 Å². The molecule has 76 valence electrons. The summed E-state index contributed by atoms with van der Waals surface area (Å²) in [7, 11) is 0. The van der Waals surface area contributed by atoms with E-state index in [0.717, 1.165) is 21.7 Å². The lowest BCUT2D eigenvalue weighted by molar-refractivity contribution is -0.107. The standard InChI is InChI=1S/C12H11NOS/c1-9-3-2-4-10(7-9)12-13-8-11(15-12)5-6-14/h2-4,6-8H,5H2,1H3. The average molecular weight is 217 g/mol. The van der Waals surface area contributed by atoms with Gasteiger partial charge in [0.15, 0.2) is 0 Å². The Kier molecular flexibility index (Phi) is 2.92. The van der Waals surface area contributed by atoms with Gasteiger partial charge in [-0.05, 0) is 13.0 Å². The summed E-state index contributed by atoms with van der Waals surface area (Å²) in [6, 6.07) is 8.22. The number of nitrogens with zero attached hydrogens (tertiary/aromatic N) is 1. The number of hydrogen-bond acceptors (Lipinski definition) is 3. The second kappa shape index (κ2) is 4.36. The third-order valence-corrected chi connectivity index (χ3v) is 3.17. The predicted octanol–water partition coefficient (Wildman–Crippen LogP) is 2.86. The van der Waals surface area contributed by atoms with Gasteiger partial charge in [0.25, 0.3) is 0 Å². The number of carbonyl (C=O) groups excluding carboxylic acids is 1. The monoisotopic (exact) mass is 217 g/mol. The topological polar surface area (TPSA) is 30.0 Å². The van der Waals surface area contributed by atoms with Crippen molar-refractivity contribution < 1.29 is 4.79 Å². The van der Waals surface area contributed by atoms with Crippen molar-refractivity contribution in [2.24, 2.45) is 0 Å². The Labute approximate surface area is 92.6 Å². The van der Waals surface area contributed by atoms with Crippen LogP contribution in [0.2, 0.25) is 0 Å². The van der Waals surface area contributed by atoms with Crippen LogP contribution in [0.5, 0.6) is 0 Å². The number of benzene rings is 1. The van der Waals surface area contributed by atoms with E-state index in [1.165, 1.54) is 5.56 Å². The zero-order valence-electron chi connectivity index (χ0n) is 8.43. The molecule has 15 heavy (non-hydrogen) atoms. The van der Waals surface area contributed by atoms with Crippen LogP contribution >= 0.6 is 11.3 Å². The minimum Gasteiger partial charge on any atom is -0.303 e. The molecule has 2 nitrogen and oxygen atoms in total. The van der Waals surface area contributed by atoms with Crippen LogP contribution in [0.25, 0.3) is 10.6 Å². The van der Waals surface area contributed by atoms with Crippen LogP contribution in [0.15, 0.2) is 30.5 Å². The number of aldehydes is 1. The molecule has 0 saturated carbocycles. The van der Waals surface area contributed by atoms with Crippen molar-refractivity contribution in [1.29, 1.82) is 0 Å². The van der Waals surface area contributed by atoms with Gasteiger partial charge < -0.3 is 4.79 Å². The van der Waals surface area contributed by atoms with Crippen molar-refractivity contribution in [3.05, 3.63) is 40.9 Å². The minimum absolute atomic E-state index is 0.462. The molecule has 0 N–H and O–H groups in total. The van der Waals surface area contributed by atoms with E-state index in [1.807, 2.05) is 12.1 Å². The number of hydrogen-bond donors (Lipinski definition) is 0. The number of aromatic nitrogens is 1. The summed E-state index contributed by atoms with van der Waals surface area (Å²) >= 11 is 1.58. The Morgan fingerprint density at radius 3 is 3.07 bits per heavy atom. The lowest BCUT2D eigenvalue weighted by Crippen LogP contribution is -1.76. The normalized spacial score (nSPS) is 10.2. The van der Waals surface area contributed by atoms with Crippen molar-refractivity contribution in [2.45, 2.75) is 13.3 Å². The first-order valence-corrected chi connectivity index (χ1v) is 5.56. The van der Waals surface area contributed by atoms with Gasteiger partial charge in [-0.3, -0.25) is 0 Å². The highest BCUT2D eigenvalue weighted by Gasteiger charge is 2.03. The molecule has 0 fully saturated rings. The van der Waals surface area contributed by atoms with E-state index in [1.54, 1.807) is 17.5 Å². The van der Waals surface area contributed by atoms with Crippen molar-refractivity contribution >= 4 is 17.6 Å². The highest BCUT2D eigenvalue weighted by atomic mass is 32.1. The lowest BCUT2D eigenvalue weighted by atomic mass is 10.1. The van der Waals surface area contributed by atoms with Crippen LogP contribution in [0.1, 0.15) is 10.4 Å². The predicted molar refractivity (Wildman–Crippen MR) is 62.1 cm³/mol. The van der Waals surface area contributed by atoms with Gasteiger partial charge in [-0.25, -0.2) is 4.98 Å². The molecular formula is C12H11NOS. The Morgan fingerprint density at radius 2 is 2.33 bits per heavy atom. The third-order valence-electron chi connectivity index (χ3n) is 2.10. The van der Waals surface area contributed by atoms with Crippen molar-refractivity contribution in [2.75, 3.05) is 0 Å². The maximum Gasteiger partial charge on any atom is 0.125 e. The highest BCUT2D eigenvalue weighted by Crippen LogP contribution is 2.25. The van der Waals surface area contributed by atoms with Crippen LogP contribution in [0.3, 0.4) is 0 Å². The molecule has 0 aliphatic heterocycles. The van der Waals surface area contributed by atoms with E-state index in [2.05, 4.69) is 24.0 Å². The first kappa shape index (κ1) is 10.1. The zero-order chi connectivity index (χ0) is 10.7. The molecule has 1 heterocycles. The summed E-state index contributed by atoms with van der Waals surface area (Å²) in [4.78, 5) is 15.7. The molecule has 0 spiro atoms. The molecular weight excluding hydrogens is 206 g/mol. The van der Waals surface area contributed by atoms with Gasteiger partial charge in [-0.2, -0.15) is 0 Å². The number of carbonyl (C=O) groups is 1. The highest BCUT2D eigenvalue weighted by molar-refractivity contribution is 7.15. The fourth-order valence-corrected chi connectivity index (χ4v) is 2.25. The Hall–Kier alpha value is -1.48. The molecule has 0 saturated heterocycles. The largest absolute Gasteiger partial charge is 0.303 e. The second-order valence-electron chi connectivity index (χ2n) is 3.37. The van der Waals surface area contributed by atoms with Gasteiger partial charge in [0.1, 0.15) is 11.3 Å². The number of aryl methyl sites for hydroxylation is 1. The van der Waals surface area contributed by atoms with Gasteiger partial charge >= 0.3 is 0 Å².